The van der Waals surface area contributed by atoms with E-state index in [1.807, 2.05) is 13.1 Å². The quantitative estimate of drug-likeness (QED) is 0.279. The van der Waals surface area contributed by atoms with Crippen LogP contribution in [0.25, 0.3) is 0 Å². The molecule has 0 amide bonds. The first kappa shape index (κ1) is 26.2. The number of benzene rings is 1. The lowest BCUT2D eigenvalue weighted by atomic mass is 9.69. The maximum absolute atomic E-state index is 5.57. The molecule has 32 heavy (non-hydrogen) atoms. The summed E-state index contributed by atoms with van der Waals surface area (Å²) in [7, 11) is 5.18. The summed E-state index contributed by atoms with van der Waals surface area (Å²) in [6.45, 7) is 4.48. The van der Waals surface area contributed by atoms with Crippen LogP contribution >= 0.6 is 24.0 Å². The number of nitrogens with zero attached hydrogens (tertiary/aromatic N) is 4. The highest BCUT2D eigenvalue weighted by molar-refractivity contribution is 14.0. The molecular formula is C23H37IN6O2. The summed E-state index contributed by atoms with van der Waals surface area (Å²) in [6.07, 6.45) is 8.71. The van der Waals surface area contributed by atoms with Gasteiger partial charge in [-0.15, -0.1) is 34.2 Å². The van der Waals surface area contributed by atoms with E-state index in [9.17, 15) is 0 Å². The predicted octanol–water partition coefficient (Wildman–Crippen LogP) is 3.54. The zero-order valence-electron chi connectivity index (χ0n) is 19.7. The topological polar surface area (TPSA) is 85.6 Å². The smallest absolute Gasteiger partial charge is 0.191 e. The summed E-state index contributed by atoms with van der Waals surface area (Å²) in [5.74, 6) is 3.37. The van der Waals surface area contributed by atoms with Crippen molar-refractivity contribution in [3.8, 4) is 11.5 Å². The molecule has 0 radical (unpaired) electrons. The van der Waals surface area contributed by atoms with E-state index in [0.29, 0.717) is 0 Å². The fourth-order valence-corrected chi connectivity index (χ4v) is 4.47. The van der Waals surface area contributed by atoms with Gasteiger partial charge in [0.25, 0.3) is 0 Å². The molecule has 0 unspecified atom stereocenters. The first-order valence-electron chi connectivity index (χ1n) is 11.2. The molecule has 1 heterocycles. The van der Waals surface area contributed by atoms with Gasteiger partial charge in [0.1, 0.15) is 12.2 Å². The highest BCUT2D eigenvalue weighted by Gasteiger charge is 2.34. The number of aromatic nitrogens is 3. The second-order valence-electron chi connectivity index (χ2n) is 8.06. The zero-order chi connectivity index (χ0) is 22.1. The number of aliphatic imine (C=N–C) groups is 1. The Morgan fingerprint density at radius 2 is 1.88 bits per heavy atom. The highest BCUT2D eigenvalue weighted by Crippen LogP contribution is 2.42. The van der Waals surface area contributed by atoms with Crippen molar-refractivity contribution in [2.45, 2.75) is 57.4 Å². The Morgan fingerprint density at radius 1 is 1.12 bits per heavy atom. The number of rotatable bonds is 9. The molecule has 0 spiro atoms. The monoisotopic (exact) mass is 556 g/mol. The van der Waals surface area contributed by atoms with E-state index in [2.05, 4.69) is 49.4 Å². The first-order valence-corrected chi connectivity index (χ1v) is 11.2. The van der Waals surface area contributed by atoms with Gasteiger partial charge in [0.2, 0.25) is 0 Å². The summed E-state index contributed by atoms with van der Waals surface area (Å²) >= 11 is 0. The van der Waals surface area contributed by atoms with Crippen LogP contribution in [-0.4, -0.2) is 55.1 Å². The van der Waals surface area contributed by atoms with E-state index in [0.717, 1.165) is 62.2 Å². The molecule has 0 atom stereocenters. The van der Waals surface area contributed by atoms with E-state index in [4.69, 9.17) is 9.47 Å². The Balaban J connectivity index is 0.00000363. The van der Waals surface area contributed by atoms with Crippen molar-refractivity contribution in [3.63, 3.8) is 0 Å². The van der Waals surface area contributed by atoms with Crippen LogP contribution in [0.15, 0.2) is 29.5 Å². The van der Waals surface area contributed by atoms with Crippen molar-refractivity contribution in [2.24, 2.45) is 4.99 Å². The third-order valence-electron chi connectivity index (χ3n) is 6.28. The number of hydrogen-bond acceptors (Lipinski definition) is 5. The molecule has 2 N–H and O–H groups in total. The molecule has 8 nitrogen and oxygen atoms in total. The fraction of sp³-hybridized carbons (Fsp3) is 0.609. The van der Waals surface area contributed by atoms with Crippen molar-refractivity contribution in [2.75, 3.05) is 34.4 Å². The summed E-state index contributed by atoms with van der Waals surface area (Å²) in [5, 5.41) is 15.1. The third kappa shape index (κ3) is 6.26. The Kier molecular flexibility index (Phi) is 10.5. The lowest BCUT2D eigenvalue weighted by Crippen LogP contribution is -2.47. The minimum absolute atomic E-state index is 0. The fourth-order valence-electron chi connectivity index (χ4n) is 4.47. The number of guanidine groups is 1. The second kappa shape index (κ2) is 12.9. The van der Waals surface area contributed by atoms with E-state index >= 15 is 0 Å². The van der Waals surface area contributed by atoms with Gasteiger partial charge < -0.3 is 24.7 Å². The highest BCUT2D eigenvalue weighted by atomic mass is 127. The summed E-state index contributed by atoms with van der Waals surface area (Å²) in [4.78, 5) is 4.43. The van der Waals surface area contributed by atoms with Crippen molar-refractivity contribution in [1.29, 1.82) is 0 Å². The average molecular weight is 556 g/mol. The van der Waals surface area contributed by atoms with Gasteiger partial charge in [0, 0.05) is 38.5 Å². The van der Waals surface area contributed by atoms with Gasteiger partial charge in [-0.05, 0) is 30.5 Å². The molecule has 2 aromatic rings. The van der Waals surface area contributed by atoms with Crippen LogP contribution < -0.4 is 20.1 Å². The molecule has 1 aliphatic rings. The largest absolute Gasteiger partial charge is 0.493 e. The van der Waals surface area contributed by atoms with Crippen LogP contribution in [0.2, 0.25) is 0 Å². The minimum atomic E-state index is 0. The Bertz CT molecular complexity index is 864. The van der Waals surface area contributed by atoms with Gasteiger partial charge in [-0.1, -0.05) is 32.3 Å². The van der Waals surface area contributed by atoms with Gasteiger partial charge in [0.05, 0.1) is 14.2 Å². The van der Waals surface area contributed by atoms with Gasteiger partial charge in [0.15, 0.2) is 17.5 Å². The van der Waals surface area contributed by atoms with Crippen molar-refractivity contribution in [1.82, 2.24) is 25.4 Å². The molecule has 0 aliphatic heterocycles. The molecule has 0 saturated heterocycles. The maximum atomic E-state index is 5.57. The number of nitrogens with one attached hydrogen (secondary N) is 2. The SMILES string of the molecule is CCc1nncn1CCNC(=NC)NCC1(c2ccc(OC)c(OC)c2)CCCCC1.I. The third-order valence-corrected chi connectivity index (χ3v) is 6.28. The van der Waals surface area contributed by atoms with Crippen LogP contribution in [-0.2, 0) is 18.4 Å². The molecular weight excluding hydrogens is 519 g/mol. The zero-order valence-corrected chi connectivity index (χ0v) is 22.0. The Hall–Kier alpha value is -2.04. The molecule has 178 valence electrons. The Labute approximate surface area is 208 Å². The number of methoxy groups -OCH3 is 2. The average Bonchev–Trinajstić information content (AvgIpc) is 3.28. The van der Waals surface area contributed by atoms with Crippen molar-refractivity contribution in [3.05, 3.63) is 35.9 Å². The number of aryl methyl sites for hydroxylation is 1. The van der Waals surface area contributed by atoms with Crippen LogP contribution in [0.1, 0.15) is 50.4 Å². The van der Waals surface area contributed by atoms with Crippen LogP contribution in [0.4, 0.5) is 0 Å². The van der Waals surface area contributed by atoms with E-state index in [-0.39, 0.29) is 29.4 Å². The lowest BCUT2D eigenvalue weighted by Gasteiger charge is -2.38. The van der Waals surface area contributed by atoms with Crippen LogP contribution in [0.5, 0.6) is 11.5 Å². The van der Waals surface area contributed by atoms with Crippen molar-refractivity contribution >= 4 is 29.9 Å². The molecule has 1 aromatic heterocycles. The number of hydrogen-bond donors (Lipinski definition) is 2. The minimum Gasteiger partial charge on any atom is -0.493 e. The molecule has 9 heteroatoms. The number of ether oxygens (including phenoxy) is 2. The van der Waals surface area contributed by atoms with E-state index in [1.165, 1.54) is 24.8 Å². The summed E-state index contributed by atoms with van der Waals surface area (Å²) < 4.78 is 13.1. The van der Waals surface area contributed by atoms with Gasteiger partial charge in [-0.2, -0.15) is 0 Å². The summed E-state index contributed by atoms with van der Waals surface area (Å²) in [6, 6.07) is 6.34. The predicted molar refractivity (Wildman–Crippen MR) is 138 cm³/mol. The number of halogens is 1. The van der Waals surface area contributed by atoms with Gasteiger partial charge >= 0.3 is 0 Å². The molecule has 3 rings (SSSR count). The Morgan fingerprint density at radius 3 is 2.53 bits per heavy atom. The normalized spacial score (nSPS) is 15.6. The summed E-state index contributed by atoms with van der Waals surface area (Å²) in [5.41, 5.74) is 1.35. The van der Waals surface area contributed by atoms with Crippen molar-refractivity contribution < 1.29 is 9.47 Å². The second-order valence-corrected chi connectivity index (χ2v) is 8.06. The molecule has 1 aromatic carbocycles. The molecule has 1 saturated carbocycles. The van der Waals surface area contributed by atoms with Gasteiger partial charge in [-0.3, -0.25) is 4.99 Å². The molecule has 0 bridgehead atoms. The first-order chi connectivity index (χ1) is 15.2. The van der Waals surface area contributed by atoms with Crippen LogP contribution in [0, 0.1) is 0 Å². The van der Waals surface area contributed by atoms with Gasteiger partial charge in [-0.25, -0.2) is 0 Å². The molecule has 1 fully saturated rings. The lowest BCUT2D eigenvalue weighted by molar-refractivity contribution is 0.288. The maximum Gasteiger partial charge on any atom is 0.191 e. The van der Waals surface area contributed by atoms with E-state index < -0.39 is 0 Å². The molecule has 1 aliphatic carbocycles. The van der Waals surface area contributed by atoms with E-state index in [1.54, 1.807) is 20.5 Å². The standard InChI is InChI=1S/C23H36N6O2.HI/c1-5-21-28-27-17-29(21)14-13-25-22(24-2)26-16-23(11-7-6-8-12-23)18-9-10-19(30-3)20(15-18)31-4;/h9-10,15,17H,5-8,11-14,16H2,1-4H3,(H2,24,25,26);1H. The van der Waals surface area contributed by atoms with Crippen LogP contribution in [0.3, 0.4) is 0 Å².